The number of aromatic nitrogens is 2. The fourth-order valence-corrected chi connectivity index (χ4v) is 1.83. The molecular formula is C16H25N3O2. The third-order valence-electron chi connectivity index (χ3n) is 3.12. The van der Waals surface area contributed by atoms with E-state index in [1.54, 1.807) is 12.5 Å². The molecule has 2 aromatic rings. The van der Waals surface area contributed by atoms with Gasteiger partial charge < -0.3 is 14.5 Å². The molecule has 5 nitrogen and oxygen atoms in total. The van der Waals surface area contributed by atoms with Crippen LogP contribution in [0.1, 0.15) is 52.0 Å². The maximum Gasteiger partial charge on any atom is 0.157 e. The van der Waals surface area contributed by atoms with Crippen LogP contribution in [0.15, 0.2) is 29.1 Å². The van der Waals surface area contributed by atoms with Crippen LogP contribution >= 0.6 is 0 Å². The Labute approximate surface area is 126 Å². The molecule has 0 aliphatic rings. The number of nitrogens with zero attached hydrogens (tertiary/aromatic N) is 2. The van der Waals surface area contributed by atoms with Gasteiger partial charge in [0.05, 0.1) is 25.2 Å². The van der Waals surface area contributed by atoms with Gasteiger partial charge in [0.25, 0.3) is 0 Å². The number of hydrogen-bond donors (Lipinski definition) is 1. The molecule has 0 atom stereocenters. The molecule has 2 aromatic heterocycles. The van der Waals surface area contributed by atoms with Crippen molar-refractivity contribution >= 4 is 0 Å². The summed E-state index contributed by atoms with van der Waals surface area (Å²) in [6, 6.07) is 2.29. The number of ether oxygens (including phenoxy) is 1. The third kappa shape index (κ3) is 4.63. The van der Waals surface area contributed by atoms with E-state index in [1.807, 2.05) is 16.9 Å². The molecule has 0 spiro atoms. The summed E-state index contributed by atoms with van der Waals surface area (Å²) in [5.41, 5.74) is 1.12. The van der Waals surface area contributed by atoms with Crippen LogP contribution in [0, 0.1) is 0 Å². The van der Waals surface area contributed by atoms with Crippen LogP contribution in [0.2, 0.25) is 0 Å². The Morgan fingerprint density at radius 3 is 2.76 bits per heavy atom. The van der Waals surface area contributed by atoms with Gasteiger partial charge in [0.2, 0.25) is 0 Å². The molecule has 0 fully saturated rings. The van der Waals surface area contributed by atoms with Crippen LogP contribution in [0.5, 0.6) is 5.75 Å². The van der Waals surface area contributed by atoms with E-state index in [2.05, 4.69) is 45.0 Å². The molecule has 0 amide bonds. The molecule has 0 aromatic carbocycles. The highest BCUT2D eigenvalue weighted by Crippen LogP contribution is 2.17. The summed E-state index contributed by atoms with van der Waals surface area (Å²) in [5, 5.41) is 7.68. The van der Waals surface area contributed by atoms with Crippen molar-refractivity contribution in [1.82, 2.24) is 15.1 Å². The average molecular weight is 291 g/mol. The molecule has 0 aliphatic carbocycles. The summed E-state index contributed by atoms with van der Waals surface area (Å²) >= 11 is 0. The van der Waals surface area contributed by atoms with Gasteiger partial charge >= 0.3 is 0 Å². The Morgan fingerprint density at radius 1 is 1.38 bits per heavy atom. The minimum Gasteiger partial charge on any atom is -0.485 e. The topological polar surface area (TPSA) is 52.2 Å². The van der Waals surface area contributed by atoms with E-state index < -0.39 is 0 Å². The zero-order valence-electron chi connectivity index (χ0n) is 13.5. The van der Waals surface area contributed by atoms with Gasteiger partial charge in [-0.15, -0.1) is 0 Å². The molecule has 0 saturated heterocycles. The Hall–Kier alpha value is -1.75. The highest BCUT2D eigenvalue weighted by Gasteiger charge is 2.13. The first kappa shape index (κ1) is 15.6. The minimum atomic E-state index is 0.0589. The van der Waals surface area contributed by atoms with Crippen molar-refractivity contribution in [3.8, 4) is 5.75 Å². The van der Waals surface area contributed by atoms with Gasteiger partial charge in [-0.3, -0.25) is 4.68 Å². The molecule has 1 N–H and O–H groups in total. The van der Waals surface area contributed by atoms with Crippen LogP contribution < -0.4 is 10.1 Å². The van der Waals surface area contributed by atoms with Crippen LogP contribution in [-0.4, -0.2) is 15.3 Å². The van der Waals surface area contributed by atoms with Gasteiger partial charge in [-0.25, -0.2) is 0 Å². The Bertz CT molecular complexity index is 564. The highest BCUT2D eigenvalue weighted by atomic mass is 16.5. The summed E-state index contributed by atoms with van der Waals surface area (Å²) in [5.74, 6) is 1.70. The normalized spacial score (nSPS) is 12.1. The van der Waals surface area contributed by atoms with Crippen molar-refractivity contribution in [1.29, 1.82) is 0 Å². The predicted molar refractivity (Wildman–Crippen MR) is 82.2 cm³/mol. The standard InChI is InChI=1S/C16H25N3O2/c1-12(2)19-10-14(8-18-19)21-11-13-6-7-20-15(13)9-17-16(3,4)5/h6-8,10,12,17H,9,11H2,1-5H3. The smallest absolute Gasteiger partial charge is 0.157 e. The van der Waals surface area contributed by atoms with E-state index in [0.29, 0.717) is 19.2 Å². The second kappa shape index (κ2) is 6.35. The fourth-order valence-electron chi connectivity index (χ4n) is 1.83. The Balaban J connectivity index is 1.92. The predicted octanol–water partition coefficient (Wildman–Crippen LogP) is 3.52. The molecule has 0 unspecified atom stereocenters. The van der Waals surface area contributed by atoms with Crippen molar-refractivity contribution in [3.63, 3.8) is 0 Å². The van der Waals surface area contributed by atoms with Gasteiger partial charge in [-0.05, 0) is 40.7 Å². The second-order valence-electron chi connectivity index (χ2n) is 6.51. The number of rotatable bonds is 6. The molecule has 2 rings (SSSR count). The van der Waals surface area contributed by atoms with E-state index in [-0.39, 0.29) is 5.54 Å². The second-order valence-corrected chi connectivity index (χ2v) is 6.51. The van der Waals surface area contributed by atoms with Gasteiger partial charge in [-0.1, -0.05) is 0 Å². The van der Waals surface area contributed by atoms with Crippen LogP contribution in [0.25, 0.3) is 0 Å². The molecule has 2 heterocycles. The zero-order chi connectivity index (χ0) is 15.5. The molecular weight excluding hydrogens is 266 g/mol. The van der Waals surface area contributed by atoms with Crippen molar-refractivity contribution in [2.24, 2.45) is 0 Å². The molecule has 0 radical (unpaired) electrons. The van der Waals surface area contributed by atoms with E-state index in [9.17, 15) is 0 Å². The first-order chi connectivity index (χ1) is 9.85. The largest absolute Gasteiger partial charge is 0.485 e. The summed E-state index contributed by atoms with van der Waals surface area (Å²) in [6.45, 7) is 11.7. The molecule has 0 aliphatic heterocycles. The zero-order valence-corrected chi connectivity index (χ0v) is 13.5. The maximum atomic E-state index is 5.78. The molecule has 0 saturated carbocycles. The lowest BCUT2D eigenvalue weighted by Gasteiger charge is -2.20. The average Bonchev–Trinajstić information content (AvgIpc) is 3.02. The first-order valence-electron chi connectivity index (χ1n) is 7.32. The maximum absolute atomic E-state index is 5.78. The highest BCUT2D eigenvalue weighted by molar-refractivity contribution is 5.19. The molecule has 0 bridgehead atoms. The van der Waals surface area contributed by atoms with Crippen LogP contribution in [0.3, 0.4) is 0 Å². The van der Waals surface area contributed by atoms with Crippen LogP contribution in [0.4, 0.5) is 0 Å². The molecule has 5 heteroatoms. The van der Waals surface area contributed by atoms with Gasteiger partial charge in [0, 0.05) is 17.1 Å². The summed E-state index contributed by atoms with van der Waals surface area (Å²) < 4.78 is 13.2. The van der Waals surface area contributed by atoms with E-state index >= 15 is 0 Å². The molecule has 21 heavy (non-hydrogen) atoms. The Kier molecular flexibility index (Phi) is 4.73. The van der Waals surface area contributed by atoms with Gasteiger partial charge in [0.15, 0.2) is 5.75 Å². The van der Waals surface area contributed by atoms with Gasteiger partial charge in [-0.2, -0.15) is 5.10 Å². The quantitative estimate of drug-likeness (QED) is 0.884. The SMILES string of the molecule is CC(C)n1cc(OCc2ccoc2CNC(C)(C)C)cn1. The summed E-state index contributed by atoms with van der Waals surface area (Å²) in [4.78, 5) is 0. The number of hydrogen-bond acceptors (Lipinski definition) is 4. The lowest BCUT2D eigenvalue weighted by Crippen LogP contribution is -2.35. The monoisotopic (exact) mass is 291 g/mol. The van der Waals surface area contributed by atoms with Gasteiger partial charge in [0.1, 0.15) is 12.4 Å². The first-order valence-corrected chi connectivity index (χ1v) is 7.32. The number of nitrogens with one attached hydrogen (secondary N) is 1. The van der Waals surface area contributed by atoms with Crippen LogP contribution in [-0.2, 0) is 13.2 Å². The van der Waals surface area contributed by atoms with E-state index in [4.69, 9.17) is 9.15 Å². The van der Waals surface area contributed by atoms with Crippen molar-refractivity contribution in [2.45, 2.75) is 59.4 Å². The fraction of sp³-hybridized carbons (Fsp3) is 0.562. The van der Waals surface area contributed by atoms with Crippen molar-refractivity contribution in [3.05, 3.63) is 36.0 Å². The molecule has 116 valence electrons. The lowest BCUT2D eigenvalue weighted by atomic mass is 10.1. The number of furan rings is 1. The third-order valence-corrected chi connectivity index (χ3v) is 3.12. The minimum absolute atomic E-state index is 0.0589. The van der Waals surface area contributed by atoms with Crippen molar-refractivity contribution in [2.75, 3.05) is 0 Å². The lowest BCUT2D eigenvalue weighted by molar-refractivity contribution is 0.298. The van der Waals surface area contributed by atoms with E-state index in [1.165, 1.54) is 0 Å². The van der Waals surface area contributed by atoms with E-state index in [0.717, 1.165) is 17.1 Å². The Morgan fingerprint density at radius 2 is 2.14 bits per heavy atom. The summed E-state index contributed by atoms with van der Waals surface area (Å²) in [6.07, 6.45) is 5.36. The van der Waals surface area contributed by atoms with Crippen molar-refractivity contribution < 1.29 is 9.15 Å². The summed E-state index contributed by atoms with van der Waals surface area (Å²) in [7, 11) is 0.